The second-order valence-electron chi connectivity index (χ2n) is 3.96. The van der Waals surface area contributed by atoms with Crippen molar-refractivity contribution in [3.8, 4) is 5.75 Å². The Hall–Kier alpha value is -2.88. The van der Waals surface area contributed by atoms with E-state index in [2.05, 4.69) is 15.3 Å². The van der Waals surface area contributed by atoms with Crippen LogP contribution in [0.15, 0.2) is 28.1 Å². The number of hydrogen-bond acceptors (Lipinski definition) is 7. The van der Waals surface area contributed by atoms with Crippen LogP contribution in [0.1, 0.15) is 11.3 Å². The standard InChI is InChI=1S/C11H9N5O4S/c1-6-10(18)15(11(21)14-13-6)12-5-7-2-3-9(17)8(4-7)16(19)20/h2-5,17H,1H3,(H,14,21)/p-1. The molecule has 0 fully saturated rings. The fourth-order valence-electron chi connectivity index (χ4n) is 1.46. The molecule has 2 rings (SSSR count). The number of aromatic nitrogens is 3. The van der Waals surface area contributed by atoms with Gasteiger partial charge in [0.2, 0.25) is 4.77 Å². The van der Waals surface area contributed by atoms with Crippen molar-refractivity contribution in [2.45, 2.75) is 6.92 Å². The zero-order valence-corrected chi connectivity index (χ0v) is 11.5. The smallest absolute Gasteiger partial charge is 0.296 e. The number of nitrogens with one attached hydrogen (secondary N) is 1. The van der Waals surface area contributed by atoms with Gasteiger partial charge in [-0.25, -0.2) is 0 Å². The highest BCUT2D eigenvalue weighted by Gasteiger charge is 2.07. The van der Waals surface area contributed by atoms with Gasteiger partial charge in [0.25, 0.3) is 11.2 Å². The lowest BCUT2D eigenvalue weighted by atomic mass is 10.2. The minimum atomic E-state index is -0.783. The van der Waals surface area contributed by atoms with Gasteiger partial charge in [0.15, 0.2) is 0 Å². The maximum atomic E-state index is 11.8. The van der Waals surface area contributed by atoms with Crippen molar-refractivity contribution in [1.82, 2.24) is 14.9 Å². The maximum absolute atomic E-state index is 11.8. The zero-order valence-electron chi connectivity index (χ0n) is 10.6. The average molecular weight is 306 g/mol. The lowest BCUT2D eigenvalue weighted by Crippen LogP contribution is -2.22. The molecule has 1 N–H and O–H groups in total. The van der Waals surface area contributed by atoms with Crippen LogP contribution >= 0.6 is 12.2 Å². The van der Waals surface area contributed by atoms with Crippen LogP contribution < -0.4 is 10.7 Å². The lowest BCUT2D eigenvalue weighted by Gasteiger charge is -2.06. The molecule has 0 saturated heterocycles. The van der Waals surface area contributed by atoms with Gasteiger partial charge < -0.3 is 5.11 Å². The Labute approximate surface area is 122 Å². The Morgan fingerprint density at radius 2 is 2.24 bits per heavy atom. The first kappa shape index (κ1) is 14.5. The number of rotatable bonds is 3. The highest BCUT2D eigenvalue weighted by Crippen LogP contribution is 2.22. The van der Waals surface area contributed by atoms with Crippen molar-refractivity contribution in [3.05, 3.63) is 54.7 Å². The van der Waals surface area contributed by atoms with E-state index in [1.54, 1.807) is 0 Å². The minimum Gasteiger partial charge on any atom is -0.868 e. The van der Waals surface area contributed by atoms with E-state index in [9.17, 15) is 20.0 Å². The summed E-state index contributed by atoms with van der Waals surface area (Å²) >= 11 is 4.88. The van der Waals surface area contributed by atoms with E-state index in [1.807, 2.05) is 0 Å². The van der Waals surface area contributed by atoms with Gasteiger partial charge in [0.1, 0.15) is 5.69 Å². The van der Waals surface area contributed by atoms with Crippen molar-refractivity contribution in [3.63, 3.8) is 0 Å². The van der Waals surface area contributed by atoms with E-state index in [1.165, 1.54) is 19.2 Å². The van der Waals surface area contributed by atoms with Crippen molar-refractivity contribution in [1.29, 1.82) is 0 Å². The Kier molecular flexibility index (Phi) is 3.89. The van der Waals surface area contributed by atoms with Crippen molar-refractivity contribution in [2.75, 3.05) is 0 Å². The second-order valence-corrected chi connectivity index (χ2v) is 4.35. The third kappa shape index (κ3) is 3.00. The topological polar surface area (TPSA) is 129 Å². The summed E-state index contributed by atoms with van der Waals surface area (Å²) in [6.07, 6.45) is 1.19. The van der Waals surface area contributed by atoms with Gasteiger partial charge in [0, 0.05) is 11.6 Å². The van der Waals surface area contributed by atoms with Gasteiger partial charge in [-0.15, -0.1) is 0 Å². The molecule has 0 atom stereocenters. The third-order valence-electron chi connectivity index (χ3n) is 2.52. The number of H-pyrrole nitrogens is 1. The van der Waals surface area contributed by atoms with Gasteiger partial charge in [-0.05, 0) is 24.9 Å². The largest absolute Gasteiger partial charge is 0.868 e. The normalized spacial score (nSPS) is 10.9. The van der Waals surface area contributed by atoms with E-state index in [0.29, 0.717) is 0 Å². The fourth-order valence-corrected chi connectivity index (χ4v) is 1.63. The molecular formula is C11H8N5O4S-. The Morgan fingerprint density at radius 1 is 1.52 bits per heavy atom. The SMILES string of the molecule is Cc1n[nH]c(=S)n(N=Cc2ccc([O-])c([N+](=O)[O-])c2)c1=O. The fraction of sp³-hybridized carbons (Fsp3) is 0.0909. The first-order valence-electron chi connectivity index (χ1n) is 5.58. The molecule has 0 amide bonds. The van der Waals surface area contributed by atoms with Gasteiger partial charge in [-0.2, -0.15) is 14.9 Å². The highest BCUT2D eigenvalue weighted by molar-refractivity contribution is 7.71. The Morgan fingerprint density at radius 3 is 2.90 bits per heavy atom. The summed E-state index contributed by atoms with van der Waals surface area (Å²) in [5, 5.41) is 31.9. The van der Waals surface area contributed by atoms with Gasteiger partial charge in [-0.1, -0.05) is 12.1 Å². The van der Waals surface area contributed by atoms with E-state index in [4.69, 9.17) is 12.2 Å². The van der Waals surface area contributed by atoms with Gasteiger partial charge in [-0.3, -0.25) is 20.0 Å². The van der Waals surface area contributed by atoms with Gasteiger partial charge >= 0.3 is 0 Å². The first-order chi connectivity index (χ1) is 9.90. The summed E-state index contributed by atoms with van der Waals surface area (Å²) in [5.74, 6) is -0.702. The molecule has 0 saturated carbocycles. The molecule has 1 aromatic heterocycles. The molecule has 2 aromatic rings. The number of aryl methyl sites for hydroxylation is 1. The van der Waals surface area contributed by atoms with E-state index < -0.39 is 21.9 Å². The molecule has 0 radical (unpaired) electrons. The van der Waals surface area contributed by atoms with Crippen LogP contribution in [0.5, 0.6) is 5.75 Å². The molecule has 0 aliphatic carbocycles. The molecule has 1 aromatic carbocycles. The molecule has 0 unspecified atom stereocenters. The monoisotopic (exact) mass is 306 g/mol. The van der Waals surface area contributed by atoms with Crippen LogP contribution in [0, 0.1) is 21.8 Å². The predicted octanol–water partition coefficient (Wildman–Crippen LogP) is 0.473. The summed E-state index contributed by atoms with van der Waals surface area (Å²) in [5.41, 5.74) is -0.619. The van der Waals surface area contributed by atoms with Crippen LogP contribution in [0.25, 0.3) is 0 Å². The number of benzene rings is 1. The van der Waals surface area contributed by atoms with Crippen LogP contribution in [-0.2, 0) is 0 Å². The summed E-state index contributed by atoms with van der Waals surface area (Å²) in [6, 6.07) is 3.48. The van der Waals surface area contributed by atoms with Crippen LogP contribution in [-0.4, -0.2) is 26.0 Å². The lowest BCUT2D eigenvalue weighted by molar-refractivity contribution is -0.398. The van der Waals surface area contributed by atoms with Crippen LogP contribution in [0.4, 0.5) is 5.69 Å². The predicted molar refractivity (Wildman–Crippen MR) is 74.0 cm³/mol. The molecule has 21 heavy (non-hydrogen) atoms. The van der Waals surface area contributed by atoms with Gasteiger partial charge in [0.05, 0.1) is 11.1 Å². The number of hydrogen-bond donors (Lipinski definition) is 1. The molecule has 108 valence electrons. The van der Waals surface area contributed by atoms with Crippen molar-refractivity contribution in [2.24, 2.45) is 5.10 Å². The van der Waals surface area contributed by atoms with E-state index >= 15 is 0 Å². The molecular weight excluding hydrogens is 298 g/mol. The summed E-state index contributed by atoms with van der Waals surface area (Å²) in [4.78, 5) is 21.7. The Bertz CT molecular complexity index is 854. The van der Waals surface area contributed by atoms with Crippen molar-refractivity contribution >= 4 is 24.1 Å². The molecule has 9 nitrogen and oxygen atoms in total. The second kappa shape index (κ2) is 5.63. The zero-order chi connectivity index (χ0) is 15.6. The maximum Gasteiger partial charge on any atom is 0.296 e. The number of aromatic amines is 1. The Balaban J connectivity index is 2.46. The molecule has 1 heterocycles. The molecule has 0 spiro atoms. The molecule has 0 aliphatic heterocycles. The van der Waals surface area contributed by atoms with Crippen LogP contribution in [0.3, 0.4) is 0 Å². The minimum absolute atomic E-state index is 0.0169. The van der Waals surface area contributed by atoms with E-state index in [-0.39, 0.29) is 16.0 Å². The summed E-state index contributed by atoms with van der Waals surface area (Å²) < 4.78 is 0.881. The summed E-state index contributed by atoms with van der Waals surface area (Å²) in [6.45, 7) is 1.48. The third-order valence-corrected chi connectivity index (χ3v) is 2.78. The van der Waals surface area contributed by atoms with Crippen LogP contribution in [0.2, 0.25) is 0 Å². The average Bonchev–Trinajstić information content (AvgIpc) is 2.44. The molecule has 0 aliphatic rings. The number of nitro benzene ring substituents is 1. The van der Waals surface area contributed by atoms with E-state index in [0.717, 1.165) is 16.8 Å². The number of nitro groups is 1. The molecule has 0 bridgehead atoms. The van der Waals surface area contributed by atoms with Crippen molar-refractivity contribution < 1.29 is 10.0 Å². The molecule has 10 heteroatoms. The first-order valence-corrected chi connectivity index (χ1v) is 5.99. The quantitative estimate of drug-likeness (QED) is 0.380. The summed E-state index contributed by atoms with van der Waals surface area (Å²) in [7, 11) is 0. The highest BCUT2D eigenvalue weighted by atomic mass is 32.1. The number of nitrogens with zero attached hydrogens (tertiary/aromatic N) is 4.